The van der Waals surface area contributed by atoms with Gasteiger partial charge in [0.1, 0.15) is 12.1 Å². The summed E-state index contributed by atoms with van der Waals surface area (Å²) in [6, 6.07) is 11.3. The predicted octanol–water partition coefficient (Wildman–Crippen LogP) is 1.99. The molecule has 0 bridgehead atoms. The summed E-state index contributed by atoms with van der Waals surface area (Å²) in [7, 11) is 0. The van der Waals surface area contributed by atoms with Crippen LogP contribution in [0.4, 0.5) is 16.3 Å². The van der Waals surface area contributed by atoms with Crippen LogP contribution >= 0.6 is 11.6 Å². The van der Waals surface area contributed by atoms with Crippen LogP contribution in [0.15, 0.2) is 48.8 Å². The number of nitrogens with two attached hydrogens (primary N) is 2. The molecule has 4 rings (SSSR count). The maximum absolute atomic E-state index is 13.4. The quantitative estimate of drug-likeness (QED) is 0.500. The first-order valence-electron chi connectivity index (χ1n) is 10.1. The van der Waals surface area contributed by atoms with Crippen molar-refractivity contribution in [3.8, 4) is 0 Å². The highest BCUT2D eigenvalue weighted by molar-refractivity contribution is 6.30. The number of hydrogen-bond acceptors (Lipinski definition) is 6. The van der Waals surface area contributed by atoms with Crippen LogP contribution in [0.3, 0.4) is 0 Å². The molecule has 0 aliphatic carbocycles. The second-order valence-corrected chi connectivity index (χ2v) is 8.30. The number of rotatable bonds is 4. The van der Waals surface area contributed by atoms with E-state index in [-0.39, 0.29) is 19.6 Å². The van der Waals surface area contributed by atoms with E-state index < -0.39 is 23.4 Å². The van der Waals surface area contributed by atoms with E-state index in [4.69, 9.17) is 23.1 Å². The first-order valence-corrected chi connectivity index (χ1v) is 10.5. The number of carbonyl (C=O) groups excluding carboxylic acids is 3. The van der Waals surface area contributed by atoms with Crippen LogP contribution in [-0.2, 0) is 16.1 Å². The van der Waals surface area contributed by atoms with Gasteiger partial charge in [0.25, 0.3) is 11.8 Å². The molecule has 10 nitrogen and oxygen atoms in total. The Hall–Kier alpha value is -3.92. The Kier molecular flexibility index (Phi) is 5.77. The first kappa shape index (κ1) is 22.3. The molecule has 1 aliphatic rings. The smallest absolute Gasteiger partial charge is 0.323 e. The molecular weight excluding hydrogens is 446 g/mol. The normalized spacial score (nSPS) is 18.4. The van der Waals surface area contributed by atoms with E-state index in [2.05, 4.69) is 15.3 Å². The van der Waals surface area contributed by atoms with Gasteiger partial charge in [-0.3, -0.25) is 14.5 Å². The fourth-order valence-electron chi connectivity index (χ4n) is 3.83. The number of piperazine rings is 1. The van der Waals surface area contributed by atoms with Crippen LogP contribution in [0.5, 0.6) is 0 Å². The van der Waals surface area contributed by atoms with Crippen LogP contribution in [0.1, 0.15) is 12.5 Å². The van der Waals surface area contributed by atoms with E-state index in [0.29, 0.717) is 27.4 Å². The Morgan fingerprint density at radius 3 is 2.58 bits per heavy atom. The van der Waals surface area contributed by atoms with Crippen molar-refractivity contribution >= 4 is 51.9 Å². The maximum atomic E-state index is 13.4. The lowest BCUT2D eigenvalue weighted by Crippen LogP contribution is -2.71. The van der Waals surface area contributed by atoms with Gasteiger partial charge in [0, 0.05) is 35.7 Å². The molecular formula is C22H22ClN7O3. The Balaban J connectivity index is 1.56. The Bertz CT molecular complexity index is 1250. The number of urea groups is 1. The van der Waals surface area contributed by atoms with Crippen molar-refractivity contribution in [1.29, 1.82) is 0 Å². The largest absolute Gasteiger partial charge is 0.383 e. The molecule has 2 aromatic carbocycles. The number of nitrogens with zero attached hydrogens (tertiary/aromatic N) is 4. The Labute approximate surface area is 194 Å². The van der Waals surface area contributed by atoms with Gasteiger partial charge in [-0.05, 0) is 48.9 Å². The van der Waals surface area contributed by atoms with Gasteiger partial charge in [0.15, 0.2) is 5.54 Å². The number of nitrogens with one attached hydrogen (secondary N) is 1. The topological polar surface area (TPSA) is 148 Å². The van der Waals surface area contributed by atoms with Gasteiger partial charge in [0.05, 0.1) is 5.52 Å². The summed E-state index contributed by atoms with van der Waals surface area (Å²) < 4.78 is 0. The minimum absolute atomic E-state index is 0.118. The SMILES string of the molecule is C[C@]1(C(N)=O)C(=O)N(Cc2ccc3c(N)ncnc3c2)CCN1C(=O)Nc1ccc(Cl)cc1. The first-order chi connectivity index (χ1) is 15.7. The van der Waals surface area contributed by atoms with Crippen molar-refractivity contribution in [2.45, 2.75) is 19.0 Å². The highest BCUT2D eigenvalue weighted by atomic mass is 35.5. The minimum atomic E-state index is -1.85. The molecule has 4 amide bonds. The van der Waals surface area contributed by atoms with Crippen molar-refractivity contribution in [3.63, 3.8) is 0 Å². The van der Waals surface area contributed by atoms with E-state index in [0.717, 1.165) is 10.5 Å². The molecule has 0 unspecified atom stereocenters. The third kappa shape index (κ3) is 4.12. The van der Waals surface area contributed by atoms with Gasteiger partial charge < -0.3 is 21.7 Å². The molecule has 0 saturated carbocycles. The van der Waals surface area contributed by atoms with Crippen LogP contribution < -0.4 is 16.8 Å². The van der Waals surface area contributed by atoms with Gasteiger partial charge in [0.2, 0.25) is 0 Å². The molecule has 1 atom stereocenters. The van der Waals surface area contributed by atoms with Gasteiger partial charge >= 0.3 is 6.03 Å². The number of fused-ring (bicyclic) bond motifs is 1. The number of halogens is 1. The minimum Gasteiger partial charge on any atom is -0.383 e. The van der Waals surface area contributed by atoms with Crippen molar-refractivity contribution in [2.75, 3.05) is 24.1 Å². The number of hydrogen-bond donors (Lipinski definition) is 3. The molecule has 1 saturated heterocycles. The molecule has 0 spiro atoms. The van der Waals surface area contributed by atoms with Crippen LogP contribution in [0.2, 0.25) is 5.02 Å². The second-order valence-electron chi connectivity index (χ2n) is 7.86. The van der Waals surface area contributed by atoms with Gasteiger partial charge in [-0.2, -0.15) is 0 Å². The summed E-state index contributed by atoms with van der Waals surface area (Å²) in [6.07, 6.45) is 1.37. The molecule has 1 fully saturated rings. The summed E-state index contributed by atoms with van der Waals surface area (Å²) in [4.78, 5) is 49.6. The molecule has 3 aromatic rings. The second kappa shape index (κ2) is 8.55. The van der Waals surface area contributed by atoms with Crippen LogP contribution in [0, 0.1) is 0 Å². The predicted molar refractivity (Wildman–Crippen MR) is 124 cm³/mol. The number of benzene rings is 2. The lowest BCUT2D eigenvalue weighted by molar-refractivity contribution is -0.154. The maximum Gasteiger partial charge on any atom is 0.323 e. The van der Waals surface area contributed by atoms with Crippen molar-refractivity contribution < 1.29 is 14.4 Å². The van der Waals surface area contributed by atoms with E-state index in [9.17, 15) is 14.4 Å². The summed E-state index contributed by atoms with van der Waals surface area (Å²) >= 11 is 5.88. The van der Waals surface area contributed by atoms with E-state index >= 15 is 0 Å². The van der Waals surface area contributed by atoms with Gasteiger partial charge in [-0.1, -0.05) is 17.7 Å². The summed E-state index contributed by atoms with van der Waals surface area (Å²) in [5, 5.41) is 3.91. The molecule has 2 heterocycles. The average molecular weight is 468 g/mol. The molecule has 11 heteroatoms. The van der Waals surface area contributed by atoms with Crippen LogP contribution in [0.25, 0.3) is 10.9 Å². The monoisotopic (exact) mass is 467 g/mol. The zero-order chi connectivity index (χ0) is 23.8. The van der Waals surface area contributed by atoms with E-state index in [1.54, 1.807) is 30.3 Å². The van der Waals surface area contributed by atoms with Crippen molar-refractivity contribution in [1.82, 2.24) is 19.8 Å². The van der Waals surface area contributed by atoms with Gasteiger partial charge in [-0.25, -0.2) is 14.8 Å². The Morgan fingerprint density at radius 2 is 1.88 bits per heavy atom. The fourth-order valence-corrected chi connectivity index (χ4v) is 3.96. The fraction of sp³-hybridized carbons (Fsp3) is 0.227. The number of amides is 4. The average Bonchev–Trinajstić information content (AvgIpc) is 2.78. The summed E-state index contributed by atoms with van der Waals surface area (Å²) in [5.74, 6) is -1.11. The highest BCUT2D eigenvalue weighted by Crippen LogP contribution is 2.27. The lowest BCUT2D eigenvalue weighted by atomic mass is 9.93. The summed E-state index contributed by atoms with van der Waals surface area (Å²) in [6.45, 7) is 1.92. The third-order valence-corrected chi connectivity index (χ3v) is 6.01. The standard InChI is InChI=1S/C22H22ClN7O3/c1-22(19(25)31)20(32)29(11-13-2-7-16-17(10-13)26-12-27-18(16)24)8-9-30(22)21(33)28-15-5-3-14(23)4-6-15/h2-7,10,12H,8-9,11H2,1H3,(H2,25,31)(H,28,33)(H2,24,26,27)/t22-/m0/s1. The zero-order valence-electron chi connectivity index (χ0n) is 17.8. The molecule has 0 radical (unpaired) electrons. The van der Waals surface area contributed by atoms with Crippen molar-refractivity contribution in [2.24, 2.45) is 5.73 Å². The number of primary amides is 1. The summed E-state index contributed by atoms with van der Waals surface area (Å²) in [5.41, 5.74) is 11.6. The number of aromatic nitrogens is 2. The molecule has 5 N–H and O–H groups in total. The molecule has 1 aliphatic heterocycles. The number of carbonyl (C=O) groups is 3. The van der Waals surface area contributed by atoms with Crippen LogP contribution in [-0.4, -0.2) is 56.2 Å². The molecule has 1 aromatic heterocycles. The highest BCUT2D eigenvalue weighted by Gasteiger charge is 2.52. The zero-order valence-corrected chi connectivity index (χ0v) is 18.5. The Morgan fingerprint density at radius 1 is 1.15 bits per heavy atom. The van der Waals surface area contributed by atoms with E-state index in [1.165, 1.54) is 18.2 Å². The molecule has 33 heavy (non-hydrogen) atoms. The van der Waals surface area contributed by atoms with Crippen molar-refractivity contribution in [3.05, 3.63) is 59.4 Å². The third-order valence-electron chi connectivity index (χ3n) is 5.76. The van der Waals surface area contributed by atoms with E-state index in [1.807, 2.05) is 12.1 Å². The molecule has 170 valence electrons. The number of anilines is 2. The number of nitrogen functional groups attached to an aromatic ring is 1. The van der Waals surface area contributed by atoms with Gasteiger partial charge in [-0.15, -0.1) is 0 Å². The lowest BCUT2D eigenvalue weighted by Gasteiger charge is -2.45.